The summed E-state index contributed by atoms with van der Waals surface area (Å²) in [4.78, 5) is 40.6. The van der Waals surface area contributed by atoms with Crippen molar-refractivity contribution in [3.8, 4) is 12.3 Å². The summed E-state index contributed by atoms with van der Waals surface area (Å²) in [6.07, 6.45) is 8.26. The van der Waals surface area contributed by atoms with Crippen LogP contribution in [0.4, 0.5) is 10.5 Å². The second-order valence-corrected chi connectivity index (χ2v) is 7.75. The van der Waals surface area contributed by atoms with Crippen LogP contribution in [0.1, 0.15) is 31.2 Å². The predicted molar refractivity (Wildman–Crippen MR) is 113 cm³/mol. The van der Waals surface area contributed by atoms with Gasteiger partial charge in [0, 0.05) is 50.6 Å². The largest absolute Gasteiger partial charge is 0.381 e. The van der Waals surface area contributed by atoms with Crippen LogP contribution in [0.25, 0.3) is 0 Å². The lowest BCUT2D eigenvalue weighted by atomic mass is 9.85. The minimum atomic E-state index is -0.991. The number of likely N-dealkylation sites (N-methyl/N-ethyl adjacent to an activating group) is 1. The molecule has 1 aromatic carbocycles. The number of nitrogens with zero attached hydrogens (tertiary/aromatic N) is 2. The van der Waals surface area contributed by atoms with Crippen molar-refractivity contribution in [2.24, 2.45) is 0 Å². The minimum Gasteiger partial charge on any atom is -0.381 e. The van der Waals surface area contributed by atoms with Crippen molar-refractivity contribution in [3.63, 3.8) is 0 Å². The zero-order valence-corrected chi connectivity index (χ0v) is 17.2. The number of hydrogen-bond acceptors (Lipinski definition) is 4. The molecule has 2 saturated heterocycles. The molecule has 3 rings (SSSR count). The number of likely N-dealkylation sites (tertiary alicyclic amines) is 1. The quantitative estimate of drug-likeness (QED) is 0.565. The SMILES string of the molecule is C#Cc1cccc(NC(=O)N2CCC(NC=O)(C(=O)N(C)C3CCOCC3)CC2)c1. The van der Waals surface area contributed by atoms with Crippen molar-refractivity contribution in [1.29, 1.82) is 0 Å². The van der Waals surface area contributed by atoms with Gasteiger partial charge in [-0.2, -0.15) is 0 Å². The van der Waals surface area contributed by atoms with E-state index >= 15 is 0 Å². The predicted octanol–water partition coefficient (Wildman–Crippen LogP) is 1.42. The fourth-order valence-electron chi connectivity index (χ4n) is 4.09. The van der Waals surface area contributed by atoms with E-state index in [0.29, 0.717) is 56.8 Å². The third-order valence-corrected chi connectivity index (χ3v) is 5.99. The first-order valence-corrected chi connectivity index (χ1v) is 10.2. The van der Waals surface area contributed by atoms with Crippen LogP contribution in [0.2, 0.25) is 0 Å². The van der Waals surface area contributed by atoms with Gasteiger partial charge in [-0.15, -0.1) is 6.42 Å². The van der Waals surface area contributed by atoms with Gasteiger partial charge >= 0.3 is 6.03 Å². The van der Waals surface area contributed by atoms with E-state index in [9.17, 15) is 14.4 Å². The number of hydrogen-bond donors (Lipinski definition) is 2. The number of carbonyl (C=O) groups excluding carboxylic acids is 3. The average Bonchev–Trinajstić information content (AvgIpc) is 2.79. The summed E-state index contributed by atoms with van der Waals surface area (Å²) < 4.78 is 5.38. The molecule has 8 nitrogen and oxygen atoms in total. The molecule has 0 saturated carbocycles. The molecule has 0 aliphatic carbocycles. The molecule has 160 valence electrons. The number of amides is 4. The van der Waals surface area contributed by atoms with Crippen LogP contribution < -0.4 is 10.6 Å². The van der Waals surface area contributed by atoms with Gasteiger partial charge in [0.2, 0.25) is 12.3 Å². The smallest absolute Gasteiger partial charge is 0.321 e. The van der Waals surface area contributed by atoms with Crippen molar-refractivity contribution < 1.29 is 19.1 Å². The van der Waals surface area contributed by atoms with E-state index in [1.54, 1.807) is 41.1 Å². The first-order valence-electron chi connectivity index (χ1n) is 10.2. The highest BCUT2D eigenvalue weighted by Crippen LogP contribution is 2.27. The average molecular weight is 412 g/mol. The highest BCUT2D eigenvalue weighted by molar-refractivity contribution is 5.91. The topological polar surface area (TPSA) is 91.0 Å². The number of nitrogens with one attached hydrogen (secondary N) is 2. The monoisotopic (exact) mass is 412 g/mol. The van der Waals surface area contributed by atoms with Gasteiger partial charge in [0.05, 0.1) is 0 Å². The second-order valence-electron chi connectivity index (χ2n) is 7.75. The van der Waals surface area contributed by atoms with Crippen LogP contribution in [-0.4, -0.2) is 73.1 Å². The highest BCUT2D eigenvalue weighted by Gasteiger charge is 2.45. The summed E-state index contributed by atoms with van der Waals surface area (Å²) in [5.74, 6) is 2.43. The number of urea groups is 1. The van der Waals surface area contributed by atoms with Crippen LogP contribution in [0, 0.1) is 12.3 Å². The summed E-state index contributed by atoms with van der Waals surface area (Å²) in [5.41, 5.74) is 0.311. The molecule has 1 aromatic rings. The van der Waals surface area contributed by atoms with Crippen molar-refractivity contribution in [2.75, 3.05) is 38.7 Å². The Labute approximate surface area is 176 Å². The third-order valence-electron chi connectivity index (χ3n) is 5.99. The highest BCUT2D eigenvalue weighted by atomic mass is 16.5. The van der Waals surface area contributed by atoms with Crippen molar-refractivity contribution >= 4 is 24.0 Å². The molecule has 2 aliphatic rings. The minimum absolute atomic E-state index is 0.0985. The Morgan fingerprint density at radius 1 is 1.30 bits per heavy atom. The van der Waals surface area contributed by atoms with E-state index in [1.807, 2.05) is 0 Å². The van der Waals surface area contributed by atoms with E-state index in [0.717, 1.165) is 12.8 Å². The number of anilines is 1. The normalized spacial score (nSPS) is 18.7. The molecule has 30 heavy (non-hydrogen) atoms. The molecule has 0 radical (unpaired) electrons. The molecule has 0 unspecified atom stereocenters. The Morgan fingerprint density at radius 2 is 2.00 bits per heavy atom. The zero-order valence-electron chi connectivity index (χ0n) is 17.2. The number of ether oxygens (including phenoxy) is 1. The van der Waals surface area contributed by atoms with E-state index < -0.39 is 5.54 Å². The number of terminal acetylenes is 1. The molecule has 2 fully saturated rings. The molecular weight excluding hydrogens is 384 g/mol. The Balaban J connectivity index is 1.63. The summed E-state index contributed by atoms with van der Waals surface area (Å²) in [7, 11) is 1.78. The van der Waals surface area contributed by atoms with Gasteiger partial charge in [-0.05, 0) is 43.9 Å². The van der Waals surface area contributed by atoms with Gasteiger partial charge in [0.25, 0.3) is 0 Å². The fraction of sp³-hybridized carbons (Fsp3) is 0.500. The lowest BCUT2D eigenvalue weighted by Gasteiger charge is -2.44. The number of piperidine rings is 1. The standard InChI is InChI=1S/C22H28N4O4/c1-3-17-5-4-6-18(15-17)24-21(29)26-11-9-22(10-12-26,23-16-27)20(28)25(2)19-7-13-30-14-8-19/h1,4-6,15-16,19H,7-14H2,2H3,(H,23,27)(H,24,29). The Hall–Kier alpha value is -3.05. The third kappa shape index (κ3) is 4.74. The molecular formula is C22H28N4O4. The van der Waals surface area contributed by atoms with Crippen molar-refractivity contribution in [2.45, 2.75) is 37.3 Å². The number of rotatable bonds is 5. The van der Waals surface area contributed by atoms with Gasteiger partial charge < -0.3 is 25.2 Å². The molecule has 8 heteroatoms. The second kappa shape index (κ2) is 9.63. The molecule has 2 heterocycles. The van der Waals surface area contributed by atoms with Gasteiger partial charge in [0.1, 0.15) is 5.54 Å². The summed E-state index contributed by atoms with van der Waals surface area (Å²) in [5, 5.41) is 5.60. The van der Waals surface area contributed by atoms with Crippen LogP contribution in [0.5, 0.6) is 0 Å². The molecule has 0 spiro atoms. The zero-order chi connectivity index (χ0) is 21.6. The van der Waals surface area contributed by atoms with Crippen LogP contribution in [0.15, 0.2) is 24.3 Å². The van der Waals surface area contributed by atoms with Gasteiger partial charge in [0.15, 0.2) is 0 Å². The maximum Gasteiger partial charge on any atom is 0.321 e. The van der Waals surface area contributed by atoms with Crippen molar-refractivity contribution in [1.82, 2.24) is 15.1 Å². The molecule has 0 atom stereocenters. The lowest BCUT2D eigenvalue weighted by Crippen LogP contribution is -2.63. The molecule has 0 bridgehead atoms. The molecule has 4 amide bonds. The van der Waals surface area contributed by atoms with Crippen LogP contribution in [-0.2, 0) is 14.3 Å². The van der Waals surface area contributed by atoms with Gasteiger partial charge in [-0.25, -0.2) is 4.79 Å². The van der Waals surface area contributed by atoms with Gasteiger partial charge in [-0.3, -0.25) is 9.59 Å². The first kappa shape index (κ1) is 21.7. The molecule has 2 N–H and O–H groups in total. The Bertz CT molecular complexity index is 821. The van der Waals surface area contributed by atoms with Gasteiger partial charge in [-0.1, -0.05) is 12.0 Å². The Kier molecular flexibility index (Phi) is 6.95. The van der Waals surface area contributed by atoms with Crippen LogP contribution >= 0.6 is 0 Å². The fourth-order valence-corrected chi connectivity index (χ4v) is 4.09. The van der Waals surface area contributed by atoms with E-state index in [-0.39, 0.29) is 18.0 Å². The molecule has 0 aromatic heterocycles. The van der Waals surface area contributed by atoms with E-state index in [1.165, 1.54) is 0 Å². The summed E-state index contributed by atoms with van der Waals surface area (Å²) >= 11 is 0. The maximum absolute atomic E-state index is 13.3. The number of carbonyl (C=O) groups is 3. The first-order chi connectivity index (χ1) is 14.5. The summed E-state index contributed by atoms with van der Waals surface area (Å²) in [6.45, 7) is 1.97. The lowest BCUT2D eigenvalue weighted by molar-refractivity contribution is -0.144. The summed E-state index contributed by atoms with van der Waals surface area (Å²) in [6, 6.07) is 6.91. The Morgan fingerprint density at radius 3 is 2.63 bits per heavy atom. The van der Waals surface area contributed by atoms with E-state index in [2.05, 4.69) is 16.6 Å². The van der Waals surface area contributed by atoms with Crippen LogP contribution in [0.3, 0.4) is 0 Å². The number of benzene rings is 1. The van der Waals surface area contributed by atoms with E-state index in [4.69, 9.17) is 11.2 Å². The maximum atomic E-state index is 13.3. The molecule has 2 aliphatic heterocycles. The van der Waals surface area contributed by atoms with Crippen molar-refractivity contribution in [3.05, 3.63) is 29.8 Å².